The molecule has 6 heteroatoms. The molecule has 4 nitrogen and oxygen atoms in total. The molecule has 3 aromatic rings. The van der Waals surface area contributed by atoms with Gasteiger partial charge >= 0.3 is 0 Å². The number of benzene rings is 2. The van der Waals surface area contributed by atoms with E-state index >= 15 is 0 Å². The van der Waals surface area contributed by atoms with Gasteiger partial charge in [-0.2, -0.15) is 0 Å². The van der Waals surface area contributed by atoms with Gasteiger partial charge in [0.1, 0.15) is 11.6 Å². The molecular formula is C23H25F2N3O. The highest BCUT2D eigenvalue weighted by molar-refractivity contribution is 5.96. The van der Waals surface area contributed by atoms with Crippen molar-refractivity contribution in [2.45, 2.75) is 32.2 Å². The number of hydrogen-bond donors (Lipinski definition) is 0. The summed E-state index contributed by atoms with van der Waals surface area (Å²) in [5.74, 6) is 0.371. The van der Waals surface area contributed by atoms with E-state index in [0.717, 1.165) is 50.0 Å². The molecule has 1 fully saturated rings. The number of piperidine rings is 1. The van der Waals surface area contributed by atoms with Crippen LogP contribution in [-0.2, 0) is 13.6 Å². The average Bonchev–Trinajstić information content (AvgIpc) is 3.03. The van der Waals surface area contributed by atoms with Gasteiger partial charge < -0.3 is 4.57 Å². The molecule has 1 saturated heterocycles. The first-order valence-electron chi connectivity index (χ1n) is 10.1. The third-order valence-corrected chi connectivity index (χ3v) is 5.87. The number of ketones is 1. The van der Waals surface area contributed by atoms with Crippen molar-refractivity contribution in [1.82, 2.24) is 14.5 Å². The van der Waals surface area contributed by atoms with E-state index in [4.69, 9.17) is 0 Å². The number of nitrogens with zero attached hydrogens (tertiary/aromatic N) is 3. The molecule has 29 heavy (non-hydrogen) atoms. The van der Waals surface area contributed by atoms with E-state index in [1.54, 1.807) is 29.8 Å². The van der Waals surface area contributed by atoms with Crippen LogP contribution in [0.1, 0.15) is 41.9 Å². The molecular weight excluding hydrogens is 372 g/mol. The zero-order valence-corrected chi connectivity index (χ0v) is 16.6. The number of carbonyl (C=O) groups is 1. The van der Waals surface area contributed by atoms with Crippen molar-refractivity contribution in [3.63, 3.8) is 0 Å². The van der Waals surface area contributed by atoms with Crippen molar-refractivity contribution < 1.29 is 13.6 Å². The second-order valence-electron chi connectivity index (χ2n) is 7.94. The molecule has 0 unspecified atom stereocenters. The van der Waals surface area contributed by atoms with Gasteiger partial charge in [0.2, 0.25) is 0 Å². The molecule has 0 atom stereocenters. The third kappa shape index (κ3) is 4.53. The van der Waals surface area contributed by atoms with Crippen LogP contribution < -0.4 is 0 Å². The largest absolute Gasteiger partial charge is 0.325 e. The Hall–Kier alpha value is -2.60. The van der Waals surface area contributed by atoms with E-state index in [2.05, 4.69) is 9.88 Å². The number of fused-ring (bicyclic) bond motifs is 1. The van der Waals surface area contributed by atoms with Gasteiger partial charge in [0.05, 0.1) is 11.0 Å². The summed E-state index contributed by atoms with van der Waals surface area (Å²) in [6.07, 6.45) is 3.37. The number of halogens is 2. The minimum absolute atomic E-state index is 0.00583. The smallest absolute Gasteiger partial charge is 0.198 e. The summed E-state index contributed by atoms with van der Waals surface area (Å²) < 4.78 is 28.5. The van der Waals surface area contributed by atoms with Crippen LogP contribution in [0.5, 0.6) is 0 Å². The minimum Gasteiger partial charge on any atom is -0.325 e. The first-order chi connectivity index (χ1) is 14.0. The molecule has 1 aromatic heterocycles. The summed E-state index contributed by atoms with van der Waals surface area (Å²) in [6.45, 7) is 2.68. The van der Waals surface area contributed by atoms with Crippen LogP contribution >= 0.6 is 0 Å². The van der Waals surface area contributed by atoms with Crippen molar-refractivity contribution in [1.29, 1.82) is 0 Å². The highest BCUT2D eigenvalue weighted by Gasteiger charge is 2.22. The maximum absolute atomic E-state index is 13.4. The molecule has 0 bridgehead atoms. The fraction of sp³-hybridized carbons (Fsp3) is 0.391. The number of carbonyl (C=O) groups excluding carboxylic acids is 1. The first kappa shape index (κ1) is 19.7. The van der Waals surface area contributed by atoms with E-state index in [1.165, 1.54) is 18.2 Å². The highest BCUT2D eigenvalue weighted by atomic mass is 19.1. The van der Waals surface area contributed by atoms with E-state index in [0.29, 0.717) is 23.7 Å². The number of likely N-dealkylation sites (tertiary alicyclic amines) is 1. The van der Waals surface area contributed by atoms with Gasteiger partial charge in [-0.1, -0.05) is 12.1 Å². The van der Waals surface area contributed by atoms with Crippen LogP contribution in [0.4, 0.5) is 8.78 Å². The van der Waals surface area contributed by atoms with Gasteiger partial charge in [0, 0.05) is 26.1 Å². The molecule has 2 heterocycles. The molecule has 2 aromatic carbocycles. The zero-order valence-electron chi connectivity index (χ0n) is 16.6. The van der Waals surface area contributed by atoms with Gasteiger partial charge in [-0.25, -0.2) is 13.8 Å². The van der Waals surface area contributed by atoms with Crippen LogP contribution in [-0.4, -0.2) is 33.3 Å². The summed E-state index contributed by atoms with van der Waals surface area (Å²) in [5.41, 5.74) is 2.28. The van der Waals surface area contributed by atoms with E-state index < -0.39 is 0 Å². The summed E-state index contributed by atoms with van der Waals surface area (Å²) in [6, 6.07) is 11.2. The Labute approximate surface area is 169 Å². The van der Waals surface area contributed by atoms with Crippen LogP contribution in [0.25, 0.3) is 11.0 Å². The lowest BCUT2D eigenvalue weighted by atomic mass is 9.91. The molecule has 1 aliphatic heterocycles. The predicted molar refractivity (Wildman–Crippen MR) is 109 cm³/mol. The quantitative estimate of drug-likeness (QED) is 0.565. The summed E-state index contributed by atoms with van der Waals surface area (Å²) in [5, 5.41) is 0. The van der Waals surface area contributed by atoms with Gasteiger partial charge in [-0.15, -0.1) is 0 Å². The lowest BCUT2D eigenvalue weighted by molar-refractivity contribution is 0.0949. The minimum atomic E-state index is -0.348. The van der Waals surface area contributed by atoms with E-state index in [-0.39, 0.29) is 17.4 Å². The van der Waals surface area contributed by atoms with Crippen molar-refractivity contribution in [2.24, 2.45) is 13.0 Å². The maximum atomic E-state index is 13.4. The third-order valence-electron chi connectivity index (χ3n) is 5.87. The fourth-order valence-corrected chi connectivity index (χ4v) is 4.20. The number of imidazole rings is 1. The number of Topliss-reactive ketones (excluding diaryl/α,β-unsaturated/α-hetero) is 1. The molecule has 0 radical (unpaired) electrons. The Morgan fingerprint density at radius 3 is 2.62 bits per heavy atom. The Balaban J connectivity index is 1.29. The summed E-state index contributed by atoms with van der Waals surface area (Å²) >= 11 is 0. The number of aryl methyl sites for hydroxylation is 1. The molecule has 0 amide bonds. The van der Waals surface area contributed by atoms with Crippen molar-refractivity contribution in [3.8, 4) is 0 Å². The Kier molecular flexibility index (Phi) is 5.72. The summed E-state index contributed by atoms with van der Waals surface area (Å²) in [4.78, 5) is 19.4. The standard InChI is InChI=1S/C23H25F2N3O/c1-27-21-7-6-19(25)14-20(21)26-23(27)22(29)8-5-16-9-11-28(12-10-16)15-17-3-2-4-18(24)13-17/h2-4,6-7,13-14,16H,5,8-12,15H2,1H3. The summed E-state index contributed by atoms with van der Waals surface area (Å²) in [7, 11) is 1.80. The second kappa shape index (κ2) is 8.41. The Morgan fingerprint density at radius 1 is 1.10 bits per heavy atom. The Bertz CT molecular complexity index is 1020. The zero-order chi connectivity index (χ0) is 20.4. The van der Waals surface area contributed by atoms with Crippen LogP contribution in [0.2, 0.25) is 0 Å². The van der Waals surface area contributed by atoms with Gasteiger partial charge in [0.15, 0.2) is 11.6 Å². The molecule has 1 aliphatic rings. The number of rotatable bonds is 6. The number of hydrogen-bond acceptors (Lipinski definition) is 3. The van der Waals surface area contributed by atoms with Gasteiger partial charge in [-0.05, 0) is 68.1 Å². The average molecular weight is 397 g/mol. The molecule has 0 saturated carbocycles. The SMILES string of the molecule is Cn1c(C(=O)CCC2CCN(Cc3cccc(F)c3)CC2)nc2cc(F)ccc21. The van der Waals surface area contributed by atoms with Crippen molar-refractivity contribution in [3.05, 3.63) is 65.5 Å². The second-order valence-corrected chi connectivity index (χ2v) is 7.94. The van der Waals surface area contributed by atoms with Crippen LogP contribution in [0, 0.1) is 17.6 Å². The normalized spacial score (nSPS) is 15.8. The van der Waals surface area contributed by atoms with Crippen LogP contribution in [0.3, 0.4) is 0 Å². The molecule has 4 rings (SSSR count). The lowest BCUT2D eigenvalue weighted by Crippen LogP contribution is -2.33. The van der Waals surface area contributed by atoms with E-state index in [9.17, 15) is 13.6 Å². The molecule has 0 aliphatic carbocycles. The molecule has 152 valence electrons. The maximum Gasteiger partial charge on any atom is 0.198 e. The Morgan fingerprint density at radius 2 is 1.86 bits per heavy atom. The molecule has 0 spiro atoms. The first-order valence-corrected chi connectivity index (χ1v) is 10.1. The highest BCUT2D eigenvalue weighted by Crippen LogP contribution is 2.25. The fourth-order valence-electron chi connectivity index (χ4n) is 4.20. The van der Waals surface area contributed by atoms with Crippen molar-refractivity contribution >= 4 is 16.8 Å². The van der Waals surface area contributed by atoms with E-state index in [1.807, 2.05) is 6.07 Å². The monoisotopic (exact) mass is 397 g/mol. The topological polar surface area (TPSA) is 38.1 Å². The van der Waals surface area contributed by atoms with Gasteiger partial charge in [0.25, 0.3) is 0 Å². The predicted octanol–water partition coefficient (Wildman–Crippen LogP) is 4.73. The van der Waals surface area contributed by atoms with Gasteiger partial charge in [-0.3, -0.25) is 9.69 Å². The molecule has 0 N–H and O–H groups in total. The lowest BCUT2D eigenvalue weighted by Gasteiger charge is -2.31. The number of aromatic nitrogens is 2. The van der Waals surface area contributed by atoms with Crippen LogP contribution in [0.15, 0.2) is 42.5 Å². The van der Waals surface area contributed by atoms with Crippen molar-refractivity contribution in [2.75, 3.05) is 13.1 Å².